The number of hydrogen-bond acceptors (Lipinski definition) is 3. The fourth-order valence-electron chi connectivity index (χ4n) is 3.20. The van der Waals surface area contributed by atoms with Gasteiger partial charge in [-0.2, -0.15) is 0 Å². The van der Waals surface area contributed by atoms with Gasteiger partial charge in [-0.25, -0.2) is 0 Å². The highest BCUT2D eigenvalue weighted by atomic mass is 16.5. The summed E-state index contributed by atoms with van der Waals surface area (Å²) in [6.07, 6.45) is 1.41. The van der Waals surface area contributed by atoms with E-state index < -0.39 is 0 Å². The van der Waals surface area contributed by atoms with Crippen LogP contribution in [0.15, 0.2) is 0 Å². The first kappa shape index (κ1) is 9.13. The summed E-state index contributed by atoms with van der Waals surface area (Å²) in [7, 11) is 2.26. The molecule has 0 aromatic carbocycles. The maximum absolute atomic E-state index is 5.27. The van der Waals surface area contributed by atoms with Gasteiger partial charge in [0.05, 0.1) is 19.3 Å². The monoisotopic (exact) mass is 196 g/mol. The number of ether oxygens (including phenoxy) is 1. The standard InChI is InChI=1S/C11H20N2O/c1-12-4-9-2-3-13(6-10(9)5-12)11-7-14-8-11/h9-11H,2-8H2,1H3. The van der Waals surface area contributed by atoms with Gasteiger partial charge in [0, 0.05) is 19.6 Å². The molecular formula is C11H20N2O. The Morgan fingerprint density at radius 1 is 1.07 bits per heavy atom. The minimum Gasteiger partial charge on any atom is -0.378 e. The Bertz CT molecular complexity index is 217. The van der Waals surface area contributed by atoms with Crippen LogP contribution >= 0.6 is 0 Å². The van der Waals surface area contributed by atoms with Crippen LogP contribution in [0.3, 0.4) is 0 Å². The van der Waals surface area contributed by atoms with E-state index in [0.717, 1.165) is 31.1 Å². The second kappa shape index (κ2) is 3.47. The first-order valence-corrected chi connectivity index (χ1v) is 5.83. The van der Waals surface area contributed by atoms with Gasteiger partial charge in [-0.1, -0.05) is 0 Å². The smallest absolute Gasteiger partial charge is 0.0645 e. The molecule has 0 bridgehead atoms. The SMILES string of the molecule is CN1CC2CCN(C3COC3)CC2C1. The number of hydrogen-bond donors (Lipinski definition) is 0. The molecule has 3 heterocycles. The summed E-state index contributed by atoms with van der Waals surface area (Å²) in [5.74, 6) is 1.92. The molecule has 0 aromatic rings. The summed E-state index contributed by atoms with van der Waals surface area (Å²) in [4.78, 5) is 5.15. The lowest BCUT2D eigenvalue weighted by Gasteiger charge is -2.43. The van der Waals surface area contributed by atoms with Crippen molar-refractivity contribution in [2.45, 2.75) is 12.5 Å². The van der Waals surface area contributed by atoms with E-state index in [0.29, 0.717) is 0 Å². The van der Waals surface area contributed by atoms with Gasteiger partial charge in [-0.05, 0) is 31.8 Å². The second-order valence-corrected chi connectivity index (χ2v) is 5.22. The minimum atomic E-state index is 0.752. The van der Waals surface area contributed by atoms with Crippen LogP contribution in [0.1, 0.15) is 6.42 Å². The van der Waals surface area contributed by atoms with Crippen LogP contribution in [0.4, 0.5) is 0 Å². The summed E-state index contributed by atoms with van der Waals surface area (Å²) in [6, 6.07) is 0.752. The molecule has 2 unspecified atom stereocenters. The van der Waals surface area contributed by atoms with Gasteiger partial charge < -0.3 is 9.64 Å². The Kier molecular flexibility index (Phi) is 2.26. The van der Waals surface area contributed by atoms with Crippen molar-refractivity contribution in [2.75, 3.05) is 46.4 Å². The molecular weight excluding hydrogens is 176 g/mol. The molecule has 3 nitrogen and oxygen atoms in total. The lowest BCUT2D eigenvalue weighted by molar-refractivity contribution is -0.0791. The van der Waals surface area contributed by atoms with Gasteiger partial charge in [0.15, 0.2) is 0 Å². The zero-order valence-electron chi connectivity index (χ0n) is 8.98. The molecule has 0 saturated carbocycles. The molecule has 14 heavy (non-hydrogen) atoms. The van der Waals surface area contributed by atoms with E-state index in [1.807, 2.05) is 0 Å². The predicted octanol–water partition coefficient (Wildman–Crippen LogP) is 0.269. The Balaban J connectivity index is 1.60. The first-order valence-electron chi connectivity index (χ1n) is 5.83. The summed E-state index contributed by atoms with van der Waals surface area (Å²) in [5, 5.41) is 0. The molecule has 80 valence electrons. The molecule has 3 rings (SSSR count). The Morgan fingerprint density at radius 2 is 1.86 bits per heavy atom. The van der Waals surface area contributed by atoms with E-state index in [9.17, 15) is 0 Å². The normalized spacial score (nSPS) is 40.9. The van der Waals surface area contributed by atoms with Gasteiger partial charge in [0.1, 0.15) is 0 Å². The highest BCUT2D eigenvalue weighted by Gasteiger charge is 2.38. The van der Waals surface area contributed by atoms with Crippen LogP contribution in [-0.2, 0) is 4.74 Å². The fraction of sp³-hybridized carbons (Fsp3) is 1.00. The van der Waals surface area contributed by atoms with Crippen LogP contribution in [-0.4, -0.2) is 62.3 Å². The molecule has 0 radical (unpaired) electrons. The molecule has 3 heteroatoms. The van der Waals surface area contributed by atoms with Crippen molar-refractivity contribution in [1.29, 1.82) is 0 Å². The van der Waals surface area contributed by atoms with Crippen LogP contribution in [0.5, 0.6) is 0 Å². The topological polar surface area (TPSA) is 15.7 Å². The number of fused-ring (bicyclic) bond motifs is 1. The second-order valence-electron chi connectivity index (χ2n) is 5.22. The molecule has 3 saturated heterocycles. The van der Waals surface area contributed by atoms with Crippen molar-refractivity contribution in [3.8, 4) is 0 Å². The summed E-state index contributed by atoms with van der Waals surface area (Å²) in [6.45, 7) is 7.24. The highest BCUT2D eigenvalue weighted by Crippen LogP contribution is 2.31. The third-order valence-corrected chi connectivity index (χ3v) is 4.15. The molecule has 3 aliphatic heterocycles. The van der Waals surface area contributed by atoms with Crippen molar-refractivity contribution in [2.24, 2.45) is 11.8 Å². The molecule has 0 spiro atoms. The van der Waals surface area contributed by atoms with E-state index >= 15 is 0 Å². The van der Waals surface area contributed by atoms with E-state index in [-0.39, 0.29) is 0 Å². The van der Waals surface area contributed by atoms with Crippen LogP contribution in [0.25, 0.3) is 0 Å². The maximum Gasteiger partial charge on any atom is 0.0645 e. The van der Waals surface area contributed by atoms with Crippen molar-refractivity contribution >= 4 is 0 Å². The van der Waals surface area contributed by atoms with Gasteiger partial charge in [-0.3, -0.25) is 4.90 Å². The van der Waals surface area contributed by atoms with Crippen LogP contribution in [0, 0.1) is 11.8 Å². The number of nitrogens with zero attached hydrogens (tertiary/aromatic N) is 2. The van der Waals surface area contributed by atoms with Gasteiger partial charge in [0.2, 0.25) is 0 Å². The Hall–Kier alpha value is -0.120. The van der Waals surface area contributed by atoms with Gasteiger partial charge in [-0.15, -0.1) is 0 Å². The van der Waals surface area contributed by atoms with E-state index in [4.69, 9.17) is 4.74 Å². The fourth-order valence-corrected chi connectivity index (χ4v) is 3.20. The van der Waals surface area contributed by atoms with Gasteiger partial charge >= 0.3 is 0 Å². The summed E-state index contributed by atoms with van der Waals surface area (Å²) >= 11 is 0. The number of likely N-dealkylation sites (tertiary alicyclic amines) is 2. The highest BCUT2D eigenvalue weighted by molar-refractivity contribution is 4.91. The van der Waals surface area contributed by atoms with E-state index in [1.54, 1.807) is 0 Å². The van der Waals surface area contributed by atoms with Crippen LogP contribution in [0.2, 0.25) is 0 Å². The molecule has 0 aromatic heterocycles. The zero-order valence-corrected chi connectivity index (χ0v) is 8.98. The number of piperidine rings is 1. The summed E-state index contributed by atoms with van der Waals surface area (Å²) < 4.78 is 5.27. The van der Waals surface area contributed by atoms with Crippen molar-refractivity contribution in [3.63, 3.8) is 0 Å². The quantitative estimate of drug-likeness (QED) is 0.598. The average molecular weight is 196 g/mol. The Labute approximate surface area is 86.0 Å². The lowest BCUT2D eigenvalue weighted by atomic mass is 9.88. The van der Waals surface area contributed by atoms with Crippen LogP contribution < -0.4 is 0 Å². The maximum atomic E-state index is 5.27. The van der Waals surface area contributed by atoms with E-state index in [1.165, 1.54) is 32.6 Å². The third-order valence-electron chi connectivity index (χ3n) is 4.15. The molecule has 0 N–H and O–H groups in total. The van der Waals surface area contributed by atoms with E-state index in [2.05, 4.69) is 16.8 Å². The van der Waals surface area contributed by atoms with Crippen molar-refractivity contribution < 1.29 is 4.74 Å². The Morgan fingerprint density at radius 3 is 2.57 bits per heavy atom. The van der Waals surface area contributed by atoms with Crippen molar-refractivity contribution in [3.05, 3.63) is 0 Å². The zero-order chi connectivity index (χ0) is 9.54. The summed E-state index contributed by atoms with van der Waals surface area (Å²) in [5.41, 5.74) is 0. The largest absolute Gasteiger partial charge is 0.378 e. The molecule has 3 aliphatic rings. The van der Waals surface area contributed by atoms with Crippen molar-refractivity contribution in [1.82, 2.24) is 9.80 Å². The third kappa shape index (κ3) is 1.47. The predicted molar refractivity (Wildman–Crippen MR) is 55.3 cm³/mol. The molecule has 0 aliphatic carbocycles. The molecule has 3 fully saturated rings. The minimum absolute atomic E-state index is 0.752. The molecule has 2 atom stereocenters. The molecule has 0 amide bonds. The van der Waals surface area contributed by atoms with Gasteiger partial charge in [0.25, 0.3) is 0 Å². The first-order chi connectivity index (χ1) is 6.83. The number of rotatable bonds is 1. The lowest BCUT2D eigenvalue weighted by Crippen LogP contribution is -2.54. The average Bonchev–Trinajstić information content (AvgIpc) is 2.40.